The molecular weight excluding hydrogens is 250 g/mol. The minimum Gasteiger partial charge on any atom is -0.508 e. The Morgan fingerprint density at radius 1 is 1.32 bits per heavy atom. The van der Waals surface area contributed by atoms with Gasteiger partial charge in [0.2, 0.25) is 6.04 Å². The lowest BCUT2D eigenvalue weighted by molar-refractivity contribution is -0.530. The number of phenols is 1. The van der Waals surface area contributed by atoms with E-state index in [-0.39, 0.29) is 17.1 Å². The van der Waals surface area contributed by atoms with Crippen LogP contribution in [0.5, 0.6) is 11.5 Å². The maximum atomic E-state index is 11.6. The van der Waals surface area contributed by atoms with Gasteiger partial charge in [0.25, 0.3) is 0 Å². The van der Waals surface area contributed by atoms with Crippen LogP contribution in [0.3, 0.4) is 0 Å². The average molecular weight is 265 g/mol. The van der Waals surface area contributed by atoms with E-state index in [1.54, 1.807) is 0 Å². The van der Waals surface area contributed by atoms with Crippen molar-refractivity contribution in [2.75, 3.05) is 0 Å². The van der Waals surface area contributed by atoms with Crippen LogP contribution in [0.1, 0.15) is 43.7 Å². The van der Waals surface area contributed by atoms with E-state index in [2.05, 4.69) is 0 Å². The van der Waals surface area contributed by atoms with E-state index >= 15 is 0 Å². The molecule has 1 aliphatic heterocycles. The molecule has 0 spiro atoms. The normalized spacial score (nSPS) is 20.2. The number of esters is 1. The summed E-state index contributed by atoms with van der Waals surface area (Å²) in [6.45, 7) is 0. The van der Waals surface area contributed by atoms with Crippen LogP contribution in [0.4, 0.5) is 0 Å². The van der Waals surface area contributed by atoms with Crippen LogP contribution in [0, 0.1) is 10.1 Å². The molecule has 1 N–H and O–H groups in total. The second-order valence-corrected chi connectivity index (χ2v) is 4.60. The van der Waals surface area contributed by atoms with Crippen molar-refractivity contribution in [3.05, 3.63) is 33.9 Å². The standard InChI is InChI=1S/C13H15NO5/c15-9-6-7-12-10(8-9)11(14(17)18)4-2-1-3-5-13(16)19-12/h6-8,11,15H,1-5H2. The van der Waals surface area contributed by atoms with Gasteiger partial charge in [0, 0.05) is 17.8 Å². The summed E-state index contributed by atoms with van der Waals surface area (Å²) in [6.07, 6.45) is 2.79. The molecule has 1 aromatic carbocycles. The molecule has 0 aromatic heterocycles. The Morgan fingerprint density at radius 2 is 2.11 bits per heavy atom. The van der Waals surface area contributed by atoms with Crippen LogP contribution < -0.4 is 4.74 Å². The quantitative estimate of drug-likeness (QED) is 0.365. The van der Waals surface area contributed by atoms with Crippen LogP contribution in [0.25, 0.3) is 0 Å². The summed E-state index contributed by atoms with van der Waals surface area (Å²) >= 11 is 0. The predicted molar refractivity (Wildman–Crippen MR) is 66.6 cm³/mol. The van der Waals surface area contributed by atoms with Gasteiger partial charge in [0.15, 0.2) is 0 Å². The van der Waals surface area contributed by atoms with Gasteiger partial charge in [-0.25, -0.2) is 0 Å². The summed E-state index contributed by atoms with van der Waals surface area (Å²) < 4.78 is 5.15. The maximum absolute atomic E-state index is 11.6. The number of aromatic hydroxyl groups is 1. The van der Waals surface area contributed by atoms with Gasteiger partial charge in [-0.05, 0) is 31.0 Å². The fraction of sp³-hybridized carbons (Fsp3) is 0.462. The summed E-state index contributed by atoms with van der Waals surface area (Å²) in [6, 6.07) is 3.11. The number of fused-ring (bicyclic) bond motifs is 1. The topological polar surface area (TPSA) is 89.7 Å². The molecule has 0 amide bonds. The van der Waals surface area contributed by atoms with E-state index in [0.29, 0.717) is 25.7 Å². The summed E-state index contributed by atoms with van der Waals surface area (Å²) in [5, 5.41) is 20.6. The third-order valence-corrected chi connectivity index (χ3v) is 3.19. The molecule has 0 radical (unpaired) electrons. The Morgan fingerprint density at radius 3 is 2.84 bits per heavy atom. The Bertz CT molecular complexity index is 500. The molecule has 1 atom stereocenters. The van der Waals surface area contributed by atoms with Gasteiger partial charge >= 0.3 is 5.97 Å². The number of ether oxygens (including phenoxy) is 1. The Kier molecular flexibility index (Phi) is 3.99. The van der Waals surface area contributed by atoms with Crippen LogP contribution in [-0.2, 0) is 4.79 Å². The number of carbonyl (C=O) groups excluding carboxylic acids is 1. The summed E-state index contributed by atoms with van der Waals surface area (Å²) in [7, 11) is 0. The monoisotopic (exact) mass is 265 g/mol. The van der Waals surface area contributed by atoms with Gasteiger partial charge in [0.05, 0.1) is 5.56 Å². The van der Waals surface area contributed by atoms with E-state index in [4.69, 9.17) is 4.74 Å². The van der Waals surface area contributed by atoms with Crippen molar-refractivity contribution in [1.29, 1.82) is 0 Å². The lowest BCUT2D eigenvalue weighted by Gasteiger charge is -2.16. The van der Waals surface area contributed by atoms with Gasteiger partial charge < -0.3 is 9.84 Å². The summed E-state index contributed by atoms with van der Waals surface area (Å²) in [5.74, 6) is -0.291. The molecular formula is C13H15NO5. The van der Waals surface area contributed by atoms with Crippen molar-refractivity contribution in [2.24, 2.45) is 0 Å². The fourth-order valence-corrected chi connectivity index (χ4v) is 2.22. The Hall–Kier alpha value is -2.11. The molecule has 0 aliphatic carbocycles. The SMILES string of the molecule is O=C1CCCCCC([N+](=O)[O-])c2cc(O)ccc2O1. The van der Waals surface area contributed by atoms with E-state index in [1.165, 1.54) is 18.2 Å². The molecule has 1 heterocycles. The van der Waals surface area contributed by atoms with Crippen molar-refractivity contribution in [3.8, 4) is 11.5 Å². The first-order chi connectivity index (χ1) is 9.08. The second-order valence-electron chi connectivity index (χ2n) is 4.60. The zero-order valence-electron chi connectivity index (χ0n) is 10.4. The molecule has 0 fully saturated rings. The highest BCUT2D eigenvalue weighted by Crippen LogP contribution is 2.34. The Balaban J connectivity index is 2.42. The third kappa shape index (κ3) is 3.21. The number of carbonyl (C=O) groups is 1. The van der Waals surface area contributed by atoms with Crippen LogP contribution in [0.2, 0.25) is 0 Å². The molecule has 0 saturated heterocycles. The molecule has 6 nitrogen and oxygen atoms in total. The zero-order chi connectivity index (χ0) is 13.8. The van der Waals surface area contributed by atoms with Crippen molar-refractivity contribution >= 4 is 5.97 Å². The van der Waals surface area contributed by atoms with Crippen molar-refractivity contribution in [2.45, 2.75) is 38.1 Å². The van der Waals surface area contributed by atoms with E-state index in [9.17, 15) is 20.0 Å². The lowest BCUT2D eigenvalue weighted by Crippen LogP contribution is -2.16. The second kappa shape index (κ2) is 5.69. The minimum atomic E-state index is -0.951. The first-order valence-corrected chi connectivity index (χ1v) is 6.25. The molecule has 0 bridgehead atoms. The fourth-order valence-electron chi connectivity index (χ4n) is 2.22. The number of phenolic OH excluding ortho intramolecular Hbond substituents is 1. The van der Waals surface area contributed by atoms with Crippen molar-refractivity contribution < 1.29 is 19.6 Å². The largest absolute Gasteiger partial charge is 0.508 e. The third-order valence-electron chi connectivity index (χ3n) is 3.19. The average Bonchev–Trinajstić information content (AvgIpc) is 2.35. The first kappa shape index (κ1) is 13.3. The number of benzene rings is 1. The molecule has 102 valence electrons. The van der Waals surface area contributed by atoms with Gasteiger partial charge in [-0.15, -0.1) is 0 Å². The van der Waals surface area contributed by atoms with Gasteiger partial charge in [-0.1, -0.05) is 6.42 Å². The highest BCUT2D eigenvalue weighted by Gasteiger charge is 2.28. The number of nitro groups is 1. The predicted octanol–water partition coefficient (Wildman–Crippen LogP) is 2.58. The van der Waals surface area contributed by atoms with Crippen molar-refractivity contribution in [1.82, 2.24) is 0 Å². The van der Waals surface area contributed by atoms with E-state index in [1.807, 2.05) is 0 Å². The van der Waals surface area contributed by atoms with E-state index < -0.39 is 16.9 Å². The molecule has 1 aromatic rings. The van der Waals surface area contributed by atoms with Crippen LogP contribution in [-0.4, -0.2) is 16.0 Å². The smallest absolute Gasteiger partial charge is 0.311 e. The van der Waals surface area contributed by atoms with E-state index in [0.717, 1.165) is 6.42 Å². The molecule has 1 unspecified atom stereocenters. The number of nitrogens with zero attached hydrogens (tertiary/aromatic N) is 1. The van der Waals surface area contributed by atoms with Gasteiger partial charge in [-0.2, -0.15) is 0 Å². The lowest BCUT2D eigenvalue weighted by atomic mass is 9.98. The molecule has 6 heteroatoms. The Labute approximate surface area is 110 Å². The summed E-state index contributed by atoms with van der Waals surface area (Å²) in [5.41, 5.74) is 0.264. The molecule has 0 saturated carbocycles. The molecule has 19 heavy (non-hydrogen) atoms. The zero-order valence-corrected chi connectivity index (χ0v) is 10.4. The highest BCUT2D eigenvalue weighted by molar-refractivity contribution is 5.73. The highest BCUT2D eigenvalue weighted by atomic mass is 16.6. The summed E-state index contributed by atoms with van der Waals surface area (Å²) in [4.78, 5) is 22.3. The number of hydrogen-bond donors (Lipinski definition) is 1. The van der Waals surface area contributed by atoms with Crippen LogP contribution >= 0.6 is 0 Å². The molecule has 1 aliphatic rings. The van der Waals surface area contributed by atoms with Crippen LogP contribution in [0.15, 0.2) is 18.2 Å². The maximum Gasteiger partial charge on any atom is 0.311 e. The number of hydrogen-bond acceptors (Lipinski definition) is 5. The minimum absolute atomic E-state index is 0.0706. The molecule has 2 rings (SSSR count). The van der Waals surface area contributed by atoms with Crippen molar-refractivity contribution in [3.63, 3.8) is 0 Å². The first-order valence-electron chi connectivity index (χ1n) is 6.25. The van der Waals surface area contributed by atoms with Gasteiger partial charge in [-0.3, -0.25) is 14.9 Å². The number of rotatable bonds is 1. The van der Waals surface area contributed by atoms with Gasteiger partial charge in [0.1, 0.15) is 11.5 Å².